The number of nitrogen functional groups attached to an aromatic ring is 1. The average molecular weight is 319 g/mol. The topological polar surface area (TPSA) is 88.1 Å². The lowest BCUT2D eigenvalue weighted by Crippen LogP contribution is -2.24. The molecule has 0 radical (unpaired) electrons. The van der Waals surface area contributed by atoms with Gasteiger partial charge in [-0.3, -0.25) is 0 Å². The van der Waals surface area contributed by atoms with Crippen LogP contribution in [0.4, 0.5) is 10.5 Å². The molecule has 0 saturated carbocycles. The molecule has 0 aliphatic heterocycles. The Morgan fingerprint density at radius 2 is 2.00 bits per heavy atom. The molecular weight excluding hydrogens is 302 g/mol. The Balaban J connectivity index is 1.73. The van der Waals surface area contributed by atoms with E-state index in [2.05, 4.69) is 17.2 Å². The van der Waals surface area contributed by atoms with Crippen molar-refractivity contribution in [1.82, 2.24) is 5.32 Å². The van der Waals surface area contributed by atoms with E-state index in [-0.39, 0.29) is 6.61 Å². The summed E-state index contributed by atoms with van der Waals surface area (Å²) in [5.41, 5.74) is 8.38. The molecule has 2 aromatic rings. The van der Waals surface area contributed by atoms with Gasteiger partial charge >= 0.3 is 6.09 Å². The molecule has 24 heavy (non-hydrogen) atoms. The Morgan fingerprint density at radius 1 is 1.21 bits per heavy atom. The highest BCUT2D eigenvalue weighted by Crippen LogP contribution is 2.12. The van der Waals surface area contributed by atoms with Crippen molar-refractivity contribution in [3.8, 4) is 17.9 Å². The van der Waals surface area contributed by atoms with Crippen LogP contribution in [0.15, 0.2) is 48.5 Å². The van der Waals surface area contributed by atoms with Crippen LogP contribution in [-0.2, 0) is 11.3 Å². The maximum atomic E-state index is 11.5. The molecule has 0 bridgehead atoms. The lowest BCUT2D eigenvalue weighted by Gasteiger charge is -2.05. The molecule has 0 aliphatic carbocycles. The SMILES string of the molecule is N#Cc1ccc(N)c(C#CCCNC(=O)OCc2ccccc2)c1. The van der Waals surface area contributed by atoms with Gasteiger partial charge < -0.3 is 15.8 Å². The predicted octanol–water partition coefficient (Wildman–Crippen LogP) is 2.81. The number of anilines is 1. The molecule has 0 spiro atoms. The number of hydrogen-bond acceptors (Lipinski definition) is 4. The minimum absolute atomic E-state index is 0.232. The Hall–Kier alpha value is -3.44. The summed E-state index contributed by atoms with van der Waals surface area (Å²) in [5.74, 6) is 5.81. The second kappa shape index (κ2) is 8.87. The largest absolute Gasteiger partial charge is 0.445 e. The van der Waals surface area contributed by atoms with Crippen LogP contribution in [0.5, 0.6) is 0 Å². The van der Waals surface area contributed by atoms with Crippen molar-refractivity contribution >= 4 is 11.8 Å². The van der Waals surface area contributed by atoms with Gasteiger partial charge in [0.2, 0.25) is 0 Å². The van der Waals surface area contributed by atoms with Crippen LogP contribution >= 0.6 is 0 Å². The Labute approximate surface area is 141 Å². The van der Waals surface area contributed by atoms with E-state index in [0.717, 1.165) is 5.56 Å². The highest BCUT2D eigenvalue weighted by atomic mass is 16.5. The summed E-state index contributed by atoms with van der Waals surface area (Å²) in [5, 5.41) is 11.5. The summed E-state index contributed by atoms with van der Waals surface area (Å²) in [6.07, 6.45) is -0.0249. The summed E-state index contributed by atoms with van der Waals surface area (Å²) in [6.45, 7) is 0.605. The molecule has 120 valence electrons. The van der Waals surface area contributed by atoms with Gasteiger partial charge in [-0.15, -0.1) is 0 Å². The van der Waals surface area contributed by atoms with Crippen molar-refractivity contribution in [2.45, 2.75) is 13.0 Å². The number of rotatable bonds is 4. The van der Waals surface area contributed by atoms with Crippen LogP contribution in [0.25, 0.3) is 0 Å². The second-order valence-electron chi connectivity index (χ2n) is 4.95. The van der Waals surface area contributed by atoms with Gasteiger partial charge in [0.25, 0.3) is 0 Å². The number of alkyl carbamates (subject to hydrolysis) is 1. The summed E-state index contributed by atoms with van der Waals surface area (Å²) in [4.78, 5) is 11.5. The number of carbonyl (C=O) groups is 1. The molecular formula is C19H17N3O2. The third-order valence-electron chi connectivity index (χ3n) is 3.14. The number of ether oxygens (including phenoxy) is 1. The van der Waals surface area contributed by atoms with Crippen molar-refractivity contribution in [3.05, 3.63) is 65.2 Å². The summed E-state index contributed by atoms with van der Waals surface area (Å²) in [6, 6.07) is 16.4. The van der Waals surface area contributed by atoms with E-state index in [1.165, 1.54) is 0 Å². The standard InChI is InChI=1S/C19H17N3O2/c20-13-16-9-10-18(21)17(12-16)8-4-5-11-22-19(23)24-14-15-6-2-1-3-7-15/h1-3,6-7,9-10,12H,5,11,14,21H2,(H,22,23). The Morgan fingerprint density at radius 3 is 2.75 bits per heavy atom. The van der Waals surface area contributed by atoms with E-state index in [4.69, 9.17) is 15.7 Å². The zero-order valence-corrected chi connectivity index (χ0v) is 13.1. The van der Waals surface area contributed by atoms with Crippen LogP contribution < -0.4 is 11.1 Å². The first-order valence-electron chi connectivity index (χ1n) is 7.42. The monoisotopic (exact) mass is 319 g/mol. The van der Waals surface area contributed by atoms with E-state index < -0.39 is 6.09 Å². The fraction of sp³-hybridized carbons (Fsp3) is 0.158. The highest BCUT2D eigenvalue weighted by Gasteiger charge is 2.01. The number of nitrogens with one attached hydrogen (secondary N) is 1. The highest BCUT2D eigenvalue weighted by molar-refractivity contribution is 5.67. The maximum Gasteiger partial charge on any atom is 0.407 e. The number of amides is 1. The number of nitrogens with zero attached hydrogens (tertiary/aromatic N) is 1. The lowest BCUT2D eigenvalue weighted by atomic mass is 10.1. The fourth-order valence-corrected chi connectivity index (χ4v) is 1.89. The number of hydrogen-bond donors (Lipinski definition) is 2. The Bertz CT molecular complexity index is 799. The van der Waals surface area contributed by atoms with Gasteiger partial charge in [-0.2, -0.15) is 5.26 Å². The first-order chi connectivity index (χ1) is 11.7. The molecule has 0 heterocycles. The number of nitrogens with two attached hydrogens (primary N) is 1. The molecule has 3 N–H and O–H groups in total. The lowest BCUT2D eigenvalue weighted by molar-refractivity contribution is 0.140. The first-order valence-corrected chi connectivity index (χ1v) is 7.42. The molecule has 0 saturated heterocycles. The van der Waals surface area contributed by atoms with E-state index in [0.29, 0.717) is 29.8 Å². The molecule has 5 heteroatoms. The van der Waals surface area contributed by atoms with E-state index in [9.17, 15) is 4.79 Å². The van der Waals surface area contributed by atoms with Gasteiger partial charge in [0.1, 0.15) is 6.61 Å². The van der Waals surface area contributed by atoms with E-state index in [1.807, 2.05) is 36.4 Å². The average Bonchev–Trinajstić information content (AvgIpc) is 2.62. The summed E-state index contributed by atoms with van der Waals surface area (Å²) < 4.78 is 5.09. The van der Waals surface area contributed by atoms with Gasteiger partial charge in [0, 0.05) is 24.2 Å². The smallest absolute Gasteiger partial charge is 0.407 e. The van der Waals surface area contributed by atoms with Crippen LogP contribution in [0.1, 0.15) is 23.1 Å². The molecule has 0 atom stereocenters. The van der Waals surface area contributed by atoms with Gasteiger partial charge in [-0.1, -0.05) is 42.2 Å². The first kappa shape index (κ1) is 16.9. The molecule has 0 aromatic heterocycles. The van der Waals surface area contributed by atoms with Crippen LogP contribution in [0, 0.1) is 23.2 Å². The number of nitriles is 1. The molecule has 0 unspecified atom stereocenters. The van der Waals surface area contributed by atoms with Crippen molar-refractivity contribution in [3.63, 3.8) is 0 Å². The number of benzene rings is 2. The van der Waals surface area contributed by atoms with E-state index in [1.54, 1.807) is 18.2 Å². The van der Waals surface area contributed by atoms with Crippen molar-refractivity contribution in [2.24, 2.45) is 0 Å². The summed E-state index contributed by atoms with van der Waals surface area (Å²) in [7, 11) is 0. The molecule has 2 aromatic carbocycles. The molecule has 2 rings (SSSR count). The quantitative estimate of drug-likeness (QED) is 0.515. The van der Waals surface area contributed by atoms with E-state index >= 15 is 0 Å². The third-order valence-corrected chi connectivity index (χ3v) is 3.14. The predicted molar refractivity (Wildman–Crippen MR) is 91.7 cm³/mol. The zero-order chi connectivity index (χ0) is 17.2. The minimum Gasteiger partial charge on any atom is -0.445 e. The van der Waals surface area contributed by atoms with Gasteiger partial charge in [0.15, 0.2) is 0 Å². The van der Waals surface area contributed by atoms with Crippen molar-refractivity contribution < 1.29 is 9.53 Å². The molecule has 1 amide bonds. The molecule has 5 nitrogen and oxygen atoms in total. The minimum atomic E-state index is -0.480. The van der Waals surface area contributed by atoms with Gasteiger partial charge in [-0.05, 0) is 23.8 Å². The van der Waals surface area contributed by atoms with Gasteiger partial charge in [0.05, 0.1) is 11.6 Å². The van der Waals surface area contributed by atoms with Crippen molar-refractivity contribution in [1.29, 1.82) is 5.26 Å². The van der Waals surface area contributed by atoms with Crippen LogP contribution in [-0.4, -0.2) is 12.6 Å². The molecule has 0 aliphatic rings. The zero-order valence-electron chi connectivity index (χ0n) is 13.1. The second-order valence-corrected chi connectivity index (χ2v) is 4.95. The Kier molecular flexibility index (Phi) is 6.25. The number of carbonyl (C=O) groups excluding carboxylic acids is 1. The normalized spacial score (nSPS) is 9.29. The molecule has 0 fully saturated rings. The van der Waals surface area contributed by atoms with Crippen LogP contribution in [0.2, 0.25) is 0 Å². The van der Waals surface area contributed by atoms with Crippen LogP contribution in [0.3, 0.4) is 0 Å². The fourth-order valence-electron chi connectivity index (χ4n) is 1.89. The van der Waals surface area contributed by atoms with Crippen molar-refractivity contribution in [2.75, 3.05) is 12.3 Å². The van der Waals surface area contributed by atoms with Gasteiger partial charge in [-0.25, -0.2) is 4.79 Å². The summed E-state index contributed by atoms with van der Waals surface area (Å²) >= 11 is 0. The third kappa shape index (κ3) is 5.40. The maximum absolute atomic E-state index is 11.5.